The monoisotopic (exact) mass is 280 g/mol. The van der Waals surface area contributed by atoms with E-state index in [9.17, 15) is 9.90 Å². The average Bonchev–Trinajstić information content (AvgIpc) is 2.61. The standard InChI is InChI=1S/C14H17ClN2O2/c1-7(2)17-8(3)11(13(16)14(18)19)12-9(15)5-4-6-10(12)17/h4-7,13H,16H2,1-3H3,(H,18,19). The predicted octanol–water partition coefficient (Wildman–Crippen LogP) is 3.27. The minimum Gasteiger partial charge on any atom is -0.480 e. The SMILES string of the molecule is Cc1c(C(N)C(=O)O)c2c(Cl)cccc2n1C(C)C. The zero-order chi connectivity index (χ0) is 14.3. The number of aromatic nitrogens is 1. The number of carboxylic acid groups (broad SMARTS) is 1. The van der Waals surface area contributed by atoms with Gasteiger partial charge in [-0.3, -0.25) is 4.79 Å². The lowest BCUT2D eigenvalue weighted by molar-refractivity contribution is -0.138. The molecule has 0 aliphatic heterocycles. The molecule has 1 heterocycles. The number of nitrogens with two attached hydrogens (primary N) is 1. The normalized spacial score (nSPS) is 13.2. The number of aliphatic carboxylic acids is 1. The summed E-state index contributed by atoms with van der Waals surface area (Å²) in [4.78, 5) is 11.2. The molecule has 0 saturated heterocycles. The van der Waals surface area contributed by atoms with E-state index in [0.717, 1.165) is 16.6 Å². The van der Waals surface area contributed by atoms with E-state index in [1.54, 1.807) is 6.07 Å². The molecule has 19 heavy (non-hydrogen) atoms. The van der Waals surface area contributed by atoms with Crippen LogP contribution in [-0.4, -0.2) is 15.6 Å². The van der Waals surface area contributed by atoms with Gasteiger partial charge in [-0.05, 0) is 32.9 Å². The van der Waals surface area contributed by atoms with Crippen LogP contribution in [0.3, 0.4) is 0 Å². The lowest BCUT2D eigenvalue weighted by Gasteiger charge is -2.13. The second-order valence-electron chi connectivity index (χ2n) is 4.91. The van der Waals surface area contributed by atoms with Gasteiger partial charge in [0.05, 0.1) is 10.5 Å². The van der Waals surface area contributed by atoms with E-state index in [0.29, 0.717) is 10.6 Å². The minimum absolute atomic E-state index is 0.204. The van der Waals surface area contributed by atoms with Crippen molar-refractivity contribution in [2.75, 3.05) is 0 Å². The maximum atomic E-state index is 11.2. The van der Waals surface area contributed by atoms with Gasteiger partial charge < -0.3 is 15.4 Å². The highest BCUT2D eigenvalue weighted by molar-refractivity contribution is 6.36. The first kappa shape index (κ1) is 13.9. The number of nitrogens with zero attached hydrogens (tertiary/aromatic N) is 1. The minimum atomic E-state index is -1.07. The third-order valence-electron chi connectivity index (χ3n) is 3.37. The third kappa shape index (κ3) is 2.11. The summed E-state index contributed by atoms with van der Waals surface area (Å²) >= 11 is 6.24. The molecule has 2 rings (SSSR count). The smallest absolute Gasteiger partial charge is 0.325 e. The van der Waals surface area contributed by atoms with E-state index in [-0.39, 0.29) is 6.04 Å². The summed E-state index contributed by atoms with van der Waals surface area (Å²) in [6.07, 6.45) is 0. The fourth-order valence-corrected chi connectivity index (χ4v) is 2.91. The Morgan fingerprint density at radius 2 is 2.05 bits per heavy atom. The maximum Gasteiger partial charge on any atom is 0.325 e. The molecule has 4 nitrogen and oxygen atoms in total. The van der Waals surface area contributed by atoms with Crippen LogP contribution in [0.5, 0.6) is 0 Å². The number of halogens is 1. The highest BCUT2D eigenvalue weighted by Gasteiger charge is 2.26. The highest BCUT2D eigenvalue weighted by Crippen LogP contribution is 2.36. The molecule has 1 atom stereocenters. The molecule has 5 heteroatoms. The number of carboxylic acids is 1. The van der Waals surface area contributed by atoms with Crippen molar-refractivity contribution in [3.05, 3.63) is 34.5 Å². The summed E-state index contributed by atoms with van der Waals surface area (Å²) in [6, 6.07) is 4.69. The van der Waals surface area contributed by atoms with E-state index >= 15 is 0 Å². The molecule has 0 spiro atoms. The first-order valence-electron chi connectivity index (χ1n) is 6.13. The maximum absolute atomic E-state index is 11.2. The summed E-state index contributed by atoms with van der Waals surface area (Å²) in [7, 11) is 0. The van der Waals surface area contributed by atoms with E-state index in [1.165, 1.54) is 0 Å². The van der Waals surface area contributed by atoms with Gasteiger partial charge in [0, 0.05) is 22.7 Å². The van der Waals surface area contributed by atoms with Crippen molar-refractivity contribution in [1.29, 1.82) is 0 Å². The molecular formula is C14H17ClN2O2. The Morgan fingerprint density at radius 1 is 1.42 bits per heavy atom. The molecule has 1 aromatic carbocycles. The molecule has 0 saturated carbocycles. The van der Waals surface area contributed by atoms with Gasteiger partial charge in [0.15, 0.2) is 0 Å². The molecule has 0 radical (unpaired) electrons. The van der Waals surface area contributed by atoms with Crippen LogP contribution in [0.2, 0.25) is 5.02 Å². The van der Waals surface area contributed by atoms with Crippen molar-refractivity contribution < 1.29 is 9.90 Å². The van der Waals surface area contributed by atoms with E-state index in [4.69, 9.17) is 17.3 Å². The lowest BCUT2D eigenvalue weighted by atomic mass is 10.0. The number of benzene rings is 1. The van der Waals surface area contributed by atoms with Crippen molar-refractivity contribution in [2.45, 2.75) is 32.9 Å². The first-order chi connectivity index (χ1) is 8.86. The van der Waals surface area contributed by atoms with E-state index < -0.39 is 12.0 Å². The summed E-state index contributed by atoms with van der Waals surface area (Å²) in [5, 5.41) is 10.5. The van der Waals surface area contributed by atoms with Crippen LogP contribution in [0.15, 0.2) is 18.2 Å². The van der Waals surface area contributed by atoms with Crippen LogP contribution >= 0.6 is 11.6 Å². The van der Waals surface area contributed by atoms with Gasteiger partial charge in [0.2, 0.25) is 0 Å². The second-order valence-corrected chi connectivity index (χ2v) is 5.32. The van der Waals surface area contributed by atoms with Crippen molar-refractivity contribution in [3.8, 4) is 0 Å². The third-order valence-corrected chi connectivity index (χ3v) is 3.68. The Morgan fingerprint density at radius 3 is 2.58 bits per heavy atom. The van der Waals surface area contributed by atoms with E-state index in [1.807, 2.05) is 32.9 Å². The van der Waals surface area contributed by atoms with Gasteiger partial charge in [-0.15, -0.1) is 0 Å². The molecule has 0 fully saturated rings. The largest absolute Gasteiger partial charge is 0.480 e. The van der Waals surface area contributed by atoms with E-state index in [2.05, 4.69) is 4.57 Å². The van der Waals surface area contributed by atoms with Crippen molar-refractivity contribution in [1.82, 2.24) is 4.57 Å². The zero-order valence-corrected chi connectivity index (χ0v) is 11.9. The summed E-state index contributed by atoms with van der Waals surface area (Å²) in [6.45, 7) is 5.97. The van der Waals surface area contributed by atoms with Crippen molar-refractivity contribution in [2.24, 2.45) is 5.73 Å². The highest BCUT2D eigenvalue weighted by atomic mass is 35.5. The van der Waals surface area contributed by atoms with Crippen LogP contribution < -0.4 is 5.73 Å². The van der Waals surface area contributed by atoms with Crippen LogP contribution in [0.1, 0.15) is 37.2 Å². The predicted molar refractivity (Wildman–Crippen MR) is 76.6 cm³/mol. The Labute approximate surface area is 116 Å². The first-order valence-corrected chi connectivity index (χ1v) is 6.51. The van der Waals surface area contributed by atoms with Crippen LogP contribution in [0, 0.1) is 6.92 Å². The average molecular weight is 281 g/mol. The Hall–Kier alpha value is -1.52. The molecule has 0 amide bonds. The number of hydrogen-bond acceptors (Lipinski definition) is 2. The van der Waals surface area contributed by atoms with Gasteiger partial charge in [-0.1, -0.05) is 17.7 Å². The second kappa shape index (κ2) is 4.87. The van der Waals surface area contributed by atoms with Crippen molar-refractivity contribution >= 4 is 28.5 Å². The summed E-state index contributed by atoms with van der Waals surface area (Å²) in [5.74, 6) is -1.05. The van der Waals surface area contributed by atoms with Gasteiger partial charge in [0.1, 0.15) is 6.04 Å². The van der Waals surface area contributed by atoms with Gasteiger partial charge in [-0.2, -0.15) is 0 Å². The molecule has 0 bridgehead atoms. The van der Waals surface area contributed by atoms with Gasteiger partial charge in [0.25, 0.3) is 0 Å². The Balaban J connectivity index is 2.90. The molecule has 1 unspecified atom stereocenters. The fraction of sp³-hybridized carbons (Fsp3) is 0.357. The number of carbonyl (C=O) groups is 1. The molecule has 2 aromatic rings. The quantitative estimate of drug-likeness (QED) is 0.907. The van der Waals surface area contributed by atoms with Gasteiger partial charge in [-0.25, -0.2) is 0 Å². The van der Waals surface area contributed by atoms with Crippen LogP contribution in [0.4, 0.5) is 0 Å². The fourth-order valence-electron chi connectivity index (χ4n) is 2.64. The number of hydrogen-bond donors (Lipinski definition) is 2. The molecule has 0 aliphatic carbocycles. The molecular weight excluding hydrogens is 264 g/mol. The molecule has 102 valence electrons. The Kier molecular flexibility index (Phi) is 3.56. The van der Waals surface area contributed by atoms with Crippen molar-refractivity contribution in [3.63, 3.8) is 0 Å². The van der Waals surface area contributed by atoms with Crippen LogP contribution in [0.25, 0.3) is 10.9 Å². The molecule has 1 aromatic heterocycles. The topological polar surface area (TPSA) is 68.2 Å². The molecule has 3 N–H and O–H groups in total. The lowest BCUT2D eigenvalue weighted by Crippen LogP contribution is -2.21. The summed E-state index contributed by atoms with van der Waals surface area (Å²) in [5.41, 5.74) is 8.19. The summed E-state index contributed by atoms with van der Waals surface area (Å²) < 4.78 is 2.07. The van der Waals surface area contributed by atoms with Crippen LogP contribution in [-0.2, 0) is 4.79 Å². The Bertz CT molecular complexity index is 646. The number of rotatable bonds is 3. The van der Waals surface area contributed by atoms with Gasteiger partial charge >= 0.3 is 5.97 Å². The number of fused-ring (bicyclic) bond motifs is 1. The molecule has 0 aliphatic rings. The zero-order valence-electron chi connectivity index (χ0n) is 11.1.